The van der Waals surface area contributed by atoms with E-state index in [9.17, 15) is 5.11 Å². The van der Waals surface area contributed by atoms with Crippen molar-refractivity contribution in [2.45, 2.75) is 13.0 Å². The molecule has 1 aromatic carbocycles. The summed E-state index contributed by atoms with van der Waals surface area (Å²) in [6.07, 6.45) is 1.05. The first-order valence-electron chi connectivity index (χ1n) is 5.23. The number of hydrogen-bond donors (Lipinski definition) is 1. The largest absolute Gasteiger partial charge is 0.439 e. The molecule has 3 nitrogen and oxygen atoms in total. The van der Waals surface area contributed by atoms with Gasteiger partial charge < -0.3 is 9.84 Å². The van der Waals surface area contributed by atoms with Crippen molar-refractivity contribution in [3.05, 3.63) is 51.7 Å². The third kappa shape index (κ3) is 3.17. The third-order valence-electron chi connectivity index (χ3n) is 2.28. The smallest absolute Gasteiger partial charge is 0.225 e. The van der Waals surface area contributed by atoms with Crippen molar-refractivity contribution in [1.29, 1.82) is 0 Å². The molecule has 0 aliphatic heterocycles. The van der Waals surface area contributed by atoms with Crippen molar-refractivity contribution in [2.75, 3.05) is 0 Å². The lowest BCUT2D eigenvalue weighted by molar-refractivity contribution is 0.194. The minimum atomic E-state index is -0.595. The highest BCUT2D eigenvalue weighted by molar-refractivity contribution is 14.1. The molecule has 0 bridgehead atoms. The molecule has 1 heterocycles. The van der Waals surface area contributed by atoms with Crippen molar-refractivity contribution in [2.24, 2.45) is 0 Å². The van der Waals surface area contributed by atoms with Gasteiger partial charge >= 0.3 is 0 Å². The van der Waals surface area contributed by atoms with Gasteiger partial charge in [0.2, 0.25) is 5.88 Å². The number of benzene rings is 1. The molecule has 0 aliphatic rings. The highest BCUT2D eigenvalue weighted by Gasteiger charge is 2.10. The van der Waals surface area contributed by atoms with E-state index in [0.29, 0.717) is 17.2 Å². The number of halogens is 1. The van der Waals surface area contributed by atoms with E-state index in [0.717, 1.165) is 3.57 Å². The van der Waals surface area contributed by atoms with E-state index < -0.39 is 6.10 Å². The summed E-state index contributed by atoms with van der Waals surface area (Å²) in [4.78, 5) is 4.13. The van der Waals surface area contributed by atoms with Crippen LogP contribution in [0.4, 0.5) is 0 Å². The Morgan fingerprint density at radius 2 is 1.94 bits per heavy atom. The number of aliphatic hydroxyl groups excluding tert-OH is 1. The van der Waals surface area contributed by atoms with E-state index >= 15 is 0 Å². The Morgan fingerprint density at radius 3 is 2.59 bits per heavy atom. The van der Waals surface area contributed by atoms with Crippen LogP contribution in [-0.4, -0.2) is 10.1 Å². The van der Waals surface area contributed by atoms with Crippen LogP contribution < -0.4 is 4.74 Å². The first kappa shape index (κ1) is 12.3. The number of rotatable bonds is 3. The fourth-order valence-corrected chi connectivity index (χ4v) is 1.78. The molecule has 0 unspecified atom stereocenters. The third-order valence-corrected chi connectivity index (χ3v) is 3.00. The summed E-state index contributed by atoms with van der Waals surface area (Å²) in [5, 5.41) is 9.61. The van der Waals surface area contributed by atoms with Gasteiger partial charge in [-0.1, -0.05) is 0 Å². The molecule has 0 saturated heterocycles. The van der Waals surface area contributed by atoms with Gasteiger partial charge in [0, 0.05) is 15.3 Å². The van der Waals surface area contributed by atoms with Crippen LogP contribution >= 0.6 is 22.6 Å². The molecule has 0 saturated carbocycles. The minimum absolute atomic E-state index is 0.448. The molecule has 2 aromatic rings. The SMILES string of the molecule is C[C@H](O)c1cccnc1Oc1ccc(I)cc1. The lowest BCUT2D eigenvalue weighted by Gasteiger charge is -2.11. The molecule has 0 amide bonds. The molecule has 1 aromatic heterocycles. The summed E-state index contributed by atoms with van der Waals surface area (Å²) >= 11 is 2.23. The number of aliphatic hydroxyl groups is 1. The van der Waals surface area contributed by atoms with Crippen LogP contribution in [0, 0.1) is 3.57 Å². The second-order valence-corrected chi connectivity index (χ2v) is 4.88. The molecule has 88 valence electrons. The van der Waals surface area contributed by atoms with Gasteiger partial charge in [0.25, 0.3) is 0 Å². The summed E-state index contributed by atoms with van der Waals surface area (Å²) in [6, 6.07) is 11.3. The zero-order valence-corrected chi connectivity index (χ0v) is 11.5. The molecule has 0 fully saturated rings. The van der Waals surface area contributed by atoms with Crippen LogP contribution in [0.15, 0.2) is 42.6 Å². The van der Waals surface area contributed by atoms with E-state index in [1.807, 2.05) is 24.3 Å². The molecular formula is C13H12INO2. The van der Waals surface area contributed by atoms with Gasteiger partial charge in [-0.25, -0.2) is 4.98 Å². The Hall–Kier alpha value is -1.14. The minimum Gasteiger partial charge on any atom is -0.439 e. The molecule has 0 aliphatic carbocycles. The first-order chi connectivity index (χ1) is 8.16. The zero-order valence-electron chi connectivity index (χ0n) is 9.30. The van der Waals surface area contributed by atoms with Gasteiger partial charge in [-0.05, 0) is 65.9 Å². The van der Waals surface area contributed by atoms with Crippen LogP contribution in [-0.2, 0) is 0 Å². The molecule has 1 N–H and O–H groups in total. The fraction of sp³-hybridized carbons (Fsp3) is 0.154. The molecule has 0 radical (unpaired) electrons. The zero-order chi connectivity index (χ0) is 12.3. The molecule has 0 spiro atoms. The average molecular weight is 341 g/mol. The van der Waals surface area contributed by atoms with Crippen LogP contribution in [0.2, 0.25) is 0 Å². The molecular weight excluding hydrogens is 329 g/mol. The van der Waals surface area contributed by atoms with Crippen LogP contribution in [0.3, 0.4) is 0 Å². The highest BCUT2D eigenvalue weighted by Crippen LogP contribution is 2.27. The van der Waals surface area contributed by atoms with Crippen molar-refractivity contribution >= 4 is 22.6 Å². The number of nitrogens with zero attached hydrogens (tertiary/aromatic N) is 1. The number of pyridine rings is 1. The average Bonchev–Trinajstić information content (AvgIpc) is 2.32. The van der Waals surface area contributed by atoms with Crippen LogP contribution in [0.5, 0.6) is 11.6 Å². The Morgan fingerprint density at radius 1 is 1.24 bits per heavy atom. The van der Waals surface area contributed by atoms with E-state index in [1.54, 1.807) is 25.3 Å². The molecule has 1 atom stereocenters. The summed E-state index contributed by atoms with van der Waals surface area (Å²) in [5.41, 5.74) is 0.686. The van der Waals surface area contributed by atoms with Crippen molar-refractivity contribution in [3.63, 3.8) is 0 Å². The van der Waals surface area contributed by atoms with Gasteiger partial charge in [0.1, 0.15) is 5.75 Å². The second kappa shape index (κ2) is 5.46. The predicted octanol–water partition coefficient (Wildman–Crippen LogP) is 3.53. The van der Waals surface area contributed by atoms with E-state index in [-0.39, 0.29) is 0 Å². The summed E-state index contributed by atoms with van der Waals surface area (Å²) in [6.45, 7) is 1.69. The van der Waals surface area contributed by atoms with Crippen molar-refractivity contribution < 1.29 is 9.84 Å². The molecule has 4 heteroatoms. The van der Waals surface area contributed by atoms with Crippen molar-refractivity contribution in [3.8, 4) is 11.6 Å². The monoisotopic (exact) mass is 341 g/mol. The lowest BCUT2D eigenvalue weighted by atomic mass is 10.2. The fourth-order valence-electron chi connectivity index (χ4n) is 1.42. The topological polar surface area (TPSA) is 42.4 Å². The normalized spacial score (nSPS) is 12.2. The number of hydrogen-bond acceptors (Lipinski definition) is 3. The second-order valence-electron chi connectivity index (χ2n) is 3.63. The Labute approximate surface area is 114 Å². The Kier molecular flexibility index (Phi) is 3.96. The van der Waals surface area contributed by atoms with Crippen LogP contribution in [0.1, 0.15) is 18.6 Å². The van der Waals surface area contributed by atoms with Gasteiger partial charge in [-0.3, -0.25) is 0 Å². The summed E-state index contributed by atoms with van der Waals surface area (Å²) in [7, 11) is 0. The summed E-state index contributed by atoms with van der Waals surface area (Å²) < 4.78 is 6.80. The lowest BCUT2D eigenvalue weighted by Crippen LogP contribution is -1.97. The number of aromatic nitrogens is 1. The van der Waals surface area contributed by atoms with Gasteiger partial charge in [-0.2, -0.15) is 0 Å². The van der Waals surface area contributed by atoms with Crippen LogP contribution in [0.25, 0.3) is 0 Å². The molecule has 17 heavy (non-hydrogen) atoms. The predicted molar refractivity (Wildman–Crippen MR) is 74.1 cm³/mol. The van der Waals surface area contributed by atoms with E-state index in [1.165, 1.54) is 0 Å². The Bertz CT molecular complexity index is 497. The standard InChI is InChI=1S/C13H12INO2/c1-9(16)12-3-2-8-15-13(12)17-11-6-4-10(14)5-7-11/h2-9,16H,1H3/t9-/m0/s1. The summed E-state index contributed by atoms with van der Waals surface area (Å²) in [5.74, 6) is 1.16. The highest BCUT2D eigenvalue weighted by atomic mass is 127. The number of ether oxygens (including phenoxy) is 1. The van der Waals surface area contributed by atoms with E-state index in [2.05, 4.69) is 27.6 Å². The maximum atomic E-state index is 9.61. The first-order valence-corrected chi connectivity index (χ1v) is 6.31. The van der Waals surface area contributed by atoms with Crippen molar-refractivity contribution in [1.82, 2.24) is 4.98 Å². The molecule has 2 rings (SSSR count). The van der Waals surface area contributed by atoms with Gasteiger partial charge in [0.15, 0.2) is 0 Å². The Balaban J connectivity index is 2.26. The maximum absolute atomic E-state index is 9.61. The quantitative estimate of drug-likeness (QED) is 0.869. The maximum Gasteiger partial charge on any atom is 0.225 e. The van der Waals surface area contributed by atoms with Gasteiger partial charge in [0.05, 0.1) is 6.10 Å². The van der Waals surface area contributed by atoms with E-state index in [4.69, 9.17) is 4.74 Å². The van der Waals surface area contributed by atoms with Gasteiger partial charge in [-0.15, -0.1) is 0 Å².